The van der Waals surface area contributed by atoms with Gasteiger partial charge in [0.05, 0.1) is 12.1 Å². The topological polar surface area (TPSA) is 66.3 Å². The number of hydrogen-bond acceptors (Lipinski definition) is 5. The molecule has 0 bridgehead atoms. The van der Waals surface area contributed by atoms with Crippen LogP contribution in [0.25, 0.3) is 11.4 Å². The van der Waals surface area contributed by atoms with Gasteiger partial charge in [-0.2, -0.15) is 0 Å². The zero-order chi connectivity index (χ0) is 22.5. The van der Waals surface area contributed by atoms with Gasteiger partial charge in [-0.25, -0.2) is 14.8 Å². The lowest BCUT2D eigenvalue weighted by Gasteiger charge is -2.24. The van der Waals surface area contributed by atoms with Gasteiger partial charge < -0.3 is 10.0 Å². The predicted molar refractivity (Wildman–Crippen MR) is 136 cm³/mol. The van der Waals surface area contributed by atoms with Crippen molar-refractivity contribution in [3.63, 3.8) is 0 Å². The smallest absolute Gasteiger partial charge is 0.335 e. The maximum Gasteiger partial charge on any atom is 0.335 e. The molecular weight excluding hydrogens is 454 g/mol. The minimum Gasteiger partial charge on any atom is -0.478 e. The van der Waals surface area contributed by atoms with Crippen LogP contribution in [0, 0.1) is 0 Å². The molecule has 2 aromatic heterocycles. The molecule has 0 amide bonds. The molecule has 0 aliphatic heterocycles. The molecule has 2 heterocycles. The van der Waals surface area contributed by atoms with Crippen molar-refractivity contribution in [2.75, 3.05) is 4.90 Å². The van der Waals surface area contributed by atoms with E-state index in [1.54, 1.807) is 35.7 Å². The molecule has 33 heavy (non-hydrogen) atoms. The molecule has 7 heteroatoms. The van der Waals surface area contributed by atoms with E-state index in [1.165, 1.54) is 10.4 Å². The monoisotopic (exact) mass is 479 g/mol. The van der Waals surface area contributed by atoms with E-state index in [0.717, 1.165) is 16.9 Å². The van der Waals surface area contributed by atoms with Gasteiger partial charge in [0.15, 0.2) is 5.82 Å². The molecule has 4 rings (SSSR count). The summed E-state index contributed by atoms with van der Waals surface area (Å²) in [6.07, 6.45) is 1.78. The largest absolute Gasteiger partial charge is 0.478 e. The fraction of sp³-hybridized carbons (Fsp3) is 0.192. The summed E-state index contributed by atoms with van der Waals surface area (Å²) >= 11 is 1.69. The second-order valence-corrected chi connectivity index (χ2v) is 8.99. The van der Waals surface area contributed by atoms with Gasteiger partial charge in [0.2, 0.25) is 0 Å². The highest BCUT2D eigenvalue weighted by atomic mass is 35.5. The molecule has 170 valence electrons. The Balaban J connectivity index is 0.00000306. The number of aromatic carboxylic acids is 1. The van der Waals surface area contributed by atoms with E-state index in [9.17, 15) is 9.90 Å². The molecule has 2 aromatic carbocycles. The number of aromatic nitrogens is 2. The summed E-state index contributed by atoms with van der Waals surface area (Å²) in [6, 6.07) is 21.5. The summed E-state index contributed by atoms with van der Waals surface area (Å²) in [5, 5.41) is 11.4. The first-order valence-electron chi connectivity index (χ1n) is 10.5. The zero-order valence-electron chi connectivity index (χ0n) is 18.5. The van der Waals surface area contributed by atoms with Gasteiger partial charge in [-0.15, -0.1) is 23.7 Å². The van der Waals surface area contributed by atoms with E-state index in [2.05, 4.69) is 59.4 Å². The minimum atomic E-state index is -0.925. The van der Waals surface area contributed by atoms with E-state index in [4.69, 9.17) is 4.98 Å². The van der Waals surface area contributed by atoms with Gasteiger partial charge in [0.25, 0.3) is 0 Å². The molecule has 1 N–H and O–H groups in total. The van der Waals surface area contributed by atoms with E-state index in [1.807, 2.05) is 18.2 Å². The standard InChI is InChI=1S/C26H25N3O2S.ClH/c1-18(2)20-8-10-21(11-9-20)25-27-13-12-24(28-25)29(17-23-7-4-14-32-23)16-19-5-3-6-22(15-19)26(30)31;/h3-15,18H,16-17H2,1-2H3,(H,30,31);1H. The highest BCUT2D eigenvalue weighted by Crippen LogP contribution is 2.25. The minimum absolute atomic E-state index is 0. The van der Waals surface area contributed by atoms with Crippen molar-refractivity contribution < 1.29 is 9.90 Å². The molecule has 0 aliphatic carbocycles. The Labute approximate surface area is 204 Å². The van der Waals surface area contributed by atoms with E-state index in [0.29, 0.717) is 24.8 Å². The van der Waals surface area contributed by atoms with Crippen LogP contribution in [0.4, 0.5) is 5.82 Å². The summed E-state index contributed by atoms with van der Waals surface area (Å²) in [6.45, 7) is 5.57. The molecule has 4 aromatic rings. The van der Waals surface area contributed by atoms with Crippen LogP contribution >= 0.6 is 23.7 Å². The fourth-order valence-corrected chi connectivity index (χ4v) is 4.23. The number of carboxylic acids is 1. The number of nitrogens with zero attached hydrogens (tertiary/aromatic N) is 3. The van der Waals surface area contributed by atoms with E-state index in [-0.39, 0.29) is 18.0 Å². The number of rotatable bonds is 8. The van der Waals surface area contributed by atoms with Crippen molar-refractivity contribution in [2.45, 2.75) is 32.9 Å². The second kappa shape index (κ2) is 11.1. The third kappa shape index (κ3) is 6.18. The third-order valence-electron chi connectivity index (χ3n) is 5.27. The number of benzene rings is 2. The third-order valence-corrected chi connectivity index (χ3v) is 6.14. The molecule has 0 spiro atoms. The second-order valence-electron chi connectivity index (χ2n) is 7.96. The van der Waals surface area contributed by atoms with Crippen molar-refractivity contribution in [3.05, 3.63) is 99.9 Å². The average Bonchev–Trinajstić information content (AvgIpc) is 3.32. The van der Waals surface area contributed by atoms with Crippen LogP contribution in [0.3, 0.4) is 0 Å². The van der Waals surface area contributed by atoms with Crippen LogP contribution in [0.1, 0.15) is 46.1 Å². The molecule has 0 aliphatic rings. The van der Waals surface area contributed by atoms with Crippen LogP contribution < -0.4 is 4.90 Å². The fourth-order valence-electron chi connectivity index (χ4n) is 3.51. The molecular formula is C26H26ClN3O2S. The zero-order valence-corrected chi connectivity index (χ0v) is 20.1. The lowest BCUT2D eigenvalue weighted by molar-refractivity contribution is 0.0696. The van der Waals surface area contributed by atoms with Crippen molar-refractivity contribution >= 4 is 35.5 Å². The van der Waals surface area contributed by atoms with Crippen molar-refractivity contribution in [2.24, 2.45) is 0 Å². The molecule has 0 saturated carbocycles. The number of halogens is 1. The molecule has 0 fully saturated rings. The first kappa shape index (κ1) is 24.4. The Kier molecular flexibility index (Phi) is 8.20. The summed E-state index contributed by atoms with van der Waals surface area (Å²) in [7, 11) is 0. The molecule has 0 unspecified atom stereocenters. The number of hydrogen-bond donors (Lipinski definition) is 1. The van der Waals surface area contributed by atoms with Crippen molar-refractivity contribution in [1.29, 1.82) is 0 Å². The quantitative estimate of drug-likeness (QED) is 0.306. The molecule has 0 atom stereocenters. The number of carboxylic acid groups (broad SMARTS) is 1. The predicted octanol–water partition coefficient (Wildman–Crippen LogP) is 6.66. The Morgan fingerprint density at radius 3 is 2.48 bits per heavy atom. The van der Waals surface area contributed by atoms with Crippen LogP contribution in [0.5, 0.6) is 0 Å². The van der Waals surface area contributed by atoms with Crippen LogP contribution in [-0.4, -0.2) is 21.0 Å². The summed E-state index contributed by atoms with van der Waals surface area (Å²) in [5.74, 6) is 1.02. The maximum atomic E-state index is 11.4. The molecule has 5 nitrogen and oxygen atoms in total. The number of anilines is 1. The molecule has 0 radical (unpaired) electrons. The van der Waals surface area contributed by atoms with Gasteiger partial charge in [-0.3, -0.25) is 0 Å². The first-order chi connectivity index (χ1) is 15.5. The number of carbonyl (C=O) groups is 1. The lowest BCUT2D eigenvalue weighted by atomic mass is 10.0. The summed E-state index contributed by atoms with van der Waals surface area (Å²) < 4.78 is 0. The maximum absolute atomic E-state index is 11.4. The highest BCUT2D eigenvalue weighted by molar-refractivity contribution is 7.09. The van der Waals surface area contributed by atoms with Gasteiger partial charge in [-0.1, -0.05) is 56.3 Å². The van der Waals surface area contributed by atoms with Gasteiger partial charge in [0.1, 0.15) is 5.82 Å². The Morgan fingerprint density at radius 1 is 1.03 bits per heavy atom. The van der Waals surface area contributed by atoms with Gasteiger partial charge in [0, 0.05) is 23.2 Å². The van der Waals surface area contributed by atoms with Gasteiger partial charge in [-0.05, 0) is 46.7 Å². The summed E-state index contributed by atoms with van der Waals surface area (Å²) in [4.78, 5) is 24.1. The van der Waals surface area contributed by atoms with Gasteiger partial charge >= 0.3 is 5.97 Å². The molecule has 0 saturated heterocycles. The number of thiophene rings is 1. The Bertz CT molecular complexity index is 1190. The van der Waals surface area contributed by atoms with Crippen LogP contribution in [0.2, 0.25) is 0 Å². The summed E-state index contributed by atoms with van der Waals surface area (Å²) in [5.41, 5.74) is 3.46. The Morgan fingerprint density at radius 2 is 1.82 bits per heavy atom. The SMILES string of the molecule is CC(C)c1ccc(-c2nccc(N(Cc3cccc(C(=O)O)c3)Cc3cccs3)n2)cc1.Cl. The first-order valence-corrected chi connectivity index (χ1v) is 11.4. The highest BCUT2D eigenvalue weighted by Gasteiger charge is 2.14. The lowest BCUT2D eigenvalue weighted by Crippen LogP contribution is -2.23. The van der Waals surface area contributed by atoms with Crippen LogP contribution in [-0.2, 0) is 13.1 Å². The van der Waals surface area contributed by atoms with Crippen molar-refractivity contribution in [3.8, 4) is 11.4 Å². The van der Waals surface area contributed by atoms with Crippen LogP contribution in [0.15, 0.2) is 78.3 Å². The van der Waals surface area contributed by atoms with E-state index < -0.39 is 5.97 Å². The van der Waals surface area contributed by atoms with E-state index >= 15 is 0 Å². The normalized spacial score (nSPS) is 10.6. The van der Waals surface area contributed by atoms with Crippen molar-refractivity contribution in [1.82, 2.24) is 9.97 Å². The Hall–Kier alpha value is -3.22. The average molecular weight is 480 g/mol.